The maximum Gasteiger partial charge on any atom is 0.325 e. The summed E-state index contributed by atoms with van der Waals surface area (Å²) in [6.45, 7) is 6.03. The molecule has 2 amide bonds. The van der Waals surface area contributed by atoms with Crippen LogP contribution in [0.1, 0.15) is 31.3 Å². The standard InChI is InChI=1S/C12H19N5O4/c1-4-16(5-2)12(21)8(3)13-11(20)9-6-17(15-14-9)7-10(18)19/h6,8H,4-5,7H2,1-3H3,(H,13,20)(H,18,19). The van der Waals surface area contributed by atoms with Gasteiger partial charge in [0.25, 0.3) is 5.91 Å². The SMILES string of the molecule is CCN(CC)C(=O)C(C)NC(=O)c1cn(CC(=O)O)nn1. The van der Waals surface area contributed by atoms with Crippen LogP contribution in [-0.2, 0) is 16.1 Å². The molecule has 0 aliphatic rings. The van der Waals surface area contributed by atoms with Crippen LogP contribution in [0.4, 0.5) is 0 Å². The molecular weight excluding hydrogens is 278 g/mol. The minimum absolute atomic E-state index is 0.0320. The van der Waals surface area contributed by atoms with Crippen LogP contribution in [-0.4, -0.2) is 61.9 Å². The van der Waals surface area contributed by atoms with Crippen molar-refractivity contribution in [2.45, 2.75) is 33.4 Å². The average molecular weight is 297 g/mol. The largest absolute Gasteiger partial charge is 0.480 e. The molecule has 1 rings (SSSR count). The Morgan fingerprint density at radius 1 is 1.38 bits per heavy atom. The van der Waals surface area contributed by atoms with Gasteiger partial charge in [-0.3, -0.25) is 14.4 Å². The van der Waals surface area contributed by atoms with Gasteiger partial charge in [-0.25, -0.2) is 4.68 Å². The molecule has 0 aliphatic heterocycles. The highest BCUT2D eigenvalue weighted by atomic mass is 16.4. The number of carbonyl (C=O) groups is 3. The van der Waals surface area contributed by atoms with E-state index in [9.17, 15) is 14.4 Å². The van der Waals surface area contributed by atoms with Gasteiger partial charge in [-0.15, -0.1) is 5.10 Å². The molecule has 1 heterocycles. The van der Waals surface area contributed by atoms with Crippen LogP contribution in [0.25, 0.3) is 0 Å². The zero-order valence-corrected chi connectivity index (χ0v) is 12.2. The summed E-state index contributed by atoms with van der Waals surface area (Å²) >= 11 is 0. The van der Waals surface area contributed by atoms with E-state index >= 15 is 0 Å². The van der Waals surface area contributed by atoms with E-state index < -0.39 is 17.9 Å². The molecule has 2 N–H and O–H groups in total. The molecule has 1 aromatic rings. The first-order chi connectivity index (χ1) is 9.88. The molecule has 21 heavy (non-hydrogen) atoms. The molecule has 9 nitrogen and oxygen atoms in total. The molecule has 9 heteroatoms. The lowest BCUT2D eigenvalue weighted by Crippen LogP contribution is -2.46. The van der Waals surface area contributed by atoms with Gasteiger partial charge in [-0.2, -0.15) is 0 Å². The lowest BCUT2D eigenvalue weighted by molar-refractivity contribution is -0.138. The van der Waals surface area contributed by atoms with Crippen molar-refractivity contribution in [3.8, 4) is 0 Å². The van der Waals surface area contributed by atoms with Crippen LogP contribution in [0.3, 0.4) is 0 Å². The van der Waals surface area contributed by atoms with Gasteiger partial charge in [0.1, 0.15) is 12.6 Å². The summed E-state index contributed by atoms with van der Waals surface area (Å²) in [5.41, 5.74) is -0.0320. The lowest BCUT2D eigenvalue weighted by Gasteiger charge is -2.23. The smallest absolute Gasteiger partial charge is 0.325 e. The van der Waals surface area contributed by atoms with E-state index in [-0.39, 0.29) is 18.1 Å². The lowest BCUT2D eigenvalue weighted by atomic mass is 10.2. The Bertz CT molecular complexity index is 523. The molecule has 116 valence electrons. The van der Waals surface area contributed by atoms with E-state index in [1.54, 1.807) is 11.8 Å². The molecule has 0 aromatic carbocycles. The number of likely N-dealkylation sites (N-methyl/N-ethyl adjacent to an activating group) is 1. The first-order valence-electron chi connectivity index (χ1n) is 6.60. The molecular formula is C12H19N5O4. The summed E-state index contributed by atoms with van der Waals surface area (Å²) in [6, 6.07) is -0.693. The quantitative estimate of drug-likeness (QED) is 0.690. The minimum atomic E-state index is -1.09. The Morgan fingerprint density at radius 3 is 2.52 bits per heavy atom. The molecule has 1 aromatic heterocycles. The third-order valence-electron chi connectivity index (χ3n) is 2.86. The summed E-state index contributed by atoms with van der Waals surface area (Å²) in [6.07, 6.45) is 1.22. The number of hydrogen-bond acceptors (Lipinski definition) is 5. The number of aliphatic carboxylic acids is 1. The summed E-state index contributed by atoms with van der Waals surface area (Å²) in [7, 11) is 0. The third kappa shape index (κ3) is 4.55. The summed E-state index contributed by atoms with van der Waals surface area (Å²) in [5.74, 6) is -1.84. The van der Waals surface area contributed by atoms with Crippen LogP contribution in [0.2, 0.25) is 0 Å². The number of carboxylic acids is 1. The summed E-state index contributed by atoms with van der Waals surface area (Å²) < 4.78 is 1.04. The molecule has 0 fully saturated rings. The number of hydrogen-bond donors (Lipinski definition) is 2. The van der Waals surface area contributed by atoms with Crippen molar-refractivity contribution in [3.63, 3.8) is 0 Å². The highest BCUT2D eigenvalue weighted by molar-refractivity contribution is 5.95. The molecule has 1 unspecified atom stereocenters. The fourth-order valence-electron chi connectivity index (χ4n) is 1.76. The van der Waals surface area contributed by atoms with E-state index in [0.717, 1.165) is 4.68 Å². The second-order valence-corrected chi connectivity index (χ2v) is 4.40. The third-order valence-corrected chi connectivity index (χ3v) is 2.86. The van der Waals surface area contributed by atoms with Crippen LogP contribution < -0.4 is 5.32 Å². The number of nitrogens with zero attached hydrogens (tertiary/aromatic N) is 4. The number of carboxylic acid groups (broad SMARTS) is 1. The van der Waals surface area contributed by atoms with Crippen molar-refractivity contribution in [1.82, 2.24) is 25.2 Å². The van der Waals surface area contributed by atoms with Crippen molar-refractivity contribution >= 4 is 17.8 Å². The highest BCUT2D eigenvalue weighted by Crippen LogP contribution is 1.98. The predicted octanol–water partition coefficient (Wildman–Crippen LogP) is -0.651. The maximum atomic E-state index is 12.0. The van der Waals surface area contributed by atoms with E-state index in [4.69, 9.17) is 5.11 Å². The first-order valence-corrected chi connectivity index (χ1v) is 6.60. The molecule has 0 radical (unpaired) electrons. The number of nitrogens with one attached hydrogen (secondary N) is 1. The number of rotatable bonds is 7. The van der Waals surface area contributed by atoms with Gasteiger partial charge in [0.05, 0.1) is 6.20 Å². The van der Waals surface area contributed by atoms with Crippen molar-refractivity contribution in [1.29, 1.82) is 0 Å². The van der Waals surface area contributed by atoms with Crippen LogP contribution in [0.5, 0.6) is 0 Å². The predicted molar refractivity (Wildman–Crippen MR) is 72.5 cm³/mol. The Hall–Kier alpha value is -2.45. The molecule has 0 bridgehead atoms. The van der Waals surface area contributed by atoms with Crippen molar-refractivity contribution < 1.29 is 19.5 Å². The average Bonchev–Trinajstić information content (AvgIpc) is 2.87. The van der Waals surface area contributed by atoms with E-state index in [2.05, 4.69) is 15.6 Å². The van der Waals surface area contributed by atoms with Gasteiger partial charge in [0.15, 0.2) is 5.69 Å². The van der Waals surface area contributed by atoms with E-state index in [1.165, 1.54) is 6.20 Å². The number of aromatic nitrogens is 3. The fraction of sp³-hybridized carbons (Fsp3) is 0.583. The number of amides is 2. The second-order valence-electron chi connectivity index (χ2n) is 4.40. The first kappa shape index (κ1) is 16.6. The van der Waals surface area contributed by atoms with E-state index in [1.807, 2.05) is 13.8 Å². The van der Waals surface area contributed by atoms with Crippen LogP contribution >= 0.6 is 0 Å². The molecule has 0 saturated carbocycles. The summed E-state index contributed by atoms with van der Waals surface area (Å²) in [4.78, 5) is 36.0. The zero-order chi connectivity index (χ0) is 16.0. The topological polar surface area (TPSA) is 117 Å². The van der Waals surface area contributed by atoms with Gasteiger partial charge in [-0.1, -0.05) is 5.21 Å². The highest BCUT2D eigenvalue weighted by Gasteiger charge is 2.22. The minimum Gasteiger partial charge on any atom is -0.480 e. The Labute approximate surface area is 121 Å². The van der Waals surface area contributed by atoms with Gasteiger partial charge in [0.2, 0.25) is 5.91 Å². The van der Waals surface area contributed by atoms with E-state index in [0.29, 0.717) is 13.1 Å². The van der Waals surface area contributed by atoms with Crippen LogP contribution in [0, 0.1) is 0 Å². The van der Waals surface area contributed by atoms with Gasteiger partial charge in [0, 0.05) is 13.1 Å². The van der Waals surface area contributed by atoms with Crippen LogP contribution in [0.15, 0.2) is 6.20 Å². The zero-order valence-electron chi connectivity index (χ0n) is 12.2. The van der Waals surface area contributed by atoms with Crippen molar-refractivity contribution in [2.24, 2.45) is 0 Å². The molecule has 0 aliphatic carbocycles. The molecule has 0 spiro atoms. The fourth-order valence-corrected chi connectivity index (χ4v) is 1.76. The second kappa shape index (κ2) is 7.36. The van der Waals surface area contributed by atoms with Crippen molar-refractivity contribution in [3.05, 3.63) is 11.9 Å². The Balaban J connectivity index is 2.66. The van der Waals surface area contributed by atoms with Crippen molar-refractivity contribution in [2.75, 3.05) is 13.1 Å². The number of carbonyl (C=O) groups excluding carboxylic acids is 2. The Morgan fingerprint density at radius 2 is 2.00 bits per heavy atom. The molecule has 0 saturated heterocycles. The normalized spacial score (nSPS) is 11.8. The summed E-state index contributed by atoms with van der Waals surface area (Å²) in [5, 5.41) is 18.2. The van der Waals surface area contributed by atoms with Gasteiger partial charge in [-0.05, 0) is 20.8 Å². The molecule has 1 atom stereocenters. The Kier molecular flexibility index (Phi) is 5.82. The van der Waals surface area contributed by atoms with Gasteiger partial charge >= 0.3 is 5.97 Å². The maximum absolute atomic E-state index is 12.0. The van der Waals surface area contributed by atoms with Gasteiger partial charge < -0.3 is 15.3 Å². The monoisotopic (exact) mass is 297 g/mol.